The summed E-state index contributed by atoms with van der Waals surface area (Å²) in [6, 6.07) is -0.276. The van der Waals surface area contributed by atoms with E-state index < -0.39 is 6.04 Å². The van der Waals surface area contributed by atoms with Gasteiger partial charge in [-0.25, -0.2) is 0 Å². The summed E-state index contributed by atoms with van der Waals surface area (Å²) in [7, 11) is 1.64. The van der Waals surface area contributed by atoms with Gasteiger partial charge in [0.05, 0.1) is 0 Å². The molecule has 0 aliphatic heterocycles. The van der Waals surface area contributed by atoms with Crippen molar-refractivity contribution in [2.75, 3.05) is 7.05 Å². The molecule has 0 saturated carbocycles. The van der Waals surface area contributed by atoms with Crippen LogP contribution < -0.4 is 5.32 Å². The lowest BCUT2D eigenvalue weighted by Crippen LogP contribution is -2.52. The molecule has 0 rings (SSSR count). The summed E-state index contributed by atoms with van der Waals surface area (Å²) in [5.41, 5.74) is 0. The Labute approximate surface area is 110 Å². The molecule has 0 saturated heterocycles. The van der Waals surface area contributed by atoms with E-state index in [1.807, 2.05) is 27.7 Å². The average molecular weight is 254 g/mol. The molecule has 18 heavy (non-hydrogen) atoms. The predicted octanol–water partition coefficient (Wildman–Crippen LogP) is 1.96. The van der Waals surface area contributed by atoms with Crippen molar-refractivity contribution in [2.24, 2.45) is 5.92 Å². The maximum absolute atomic E-state index is 12.2. The van der Waals surface area contributed by atoms with Gasteiger partial charge in [0.25, 0.3) is 0 Å². The Morgan fingerprint density at radius 1 is 1.28 bits per heavy atom. The average Bonchev–Trinajstić information content (AvgIpc) is 2.34. The van der Waals surface area contributed by atoms with Gasteiger partial charge in [-0.1, -0.05) is 34.3 Å². The highest BCUT2D eigenvalue weighted by molar-refractivity contribution is 5.92. The number of hydrogen-bond acceptors (Lipinski definition) is 2. The van der Waals surface area contributed by atoms with E-state index in [4.69, 9.17) is 0 Å². The van der Waals surface area contributed by atoms with Crippen LogP contribution in [0.3, 0.4) is 0 Å². The first kappa shape index (κ1) is 16.7. The Balaban J connectivity index is 4.84. The topological polar surface area (TPSA) is 49.4 Å². The molecule has 0 heterocycles. The maximum Gasteiger partial charge on any atom is 0.246 e. The third kappa shape index (κ3) is 4.51. The van der Waals surface area contributed by atoms with Crippen molar-refractivity contribution in [2.45, 2.75) is 52.6 Å². The summed E-state index contributed by atoms with van der Waals surface area (Å²) in [4.78, 5) is 25.3. The van der Waals surface area contributed by atoms with Crippen LogP contribution in [-0.2, 0) is 9.59 Å². The molecule has 0 aromatic carbocycles. The highest BCUT2D eigenvalue weighted by atomic mass is 16.2. The molecule has 0 fully saturated rings. The lowest BCUT2D eigenvalue weighted by molar-refractivity contribution is -0.137. The lowest BCUT2D eigenvalue weighted by Gasteiger charge is -2.30. The Morgan fingerprint density at radius 2 is 1.78 bits per heavy atom. The highest BCUT2D eigenvalue weighted by Gasteiger charge is 2.29. The quantitative estimate of drug-likeness (QED) is 0.706. The molecule has 0 aromatic heterocycles. The molecular formula is C14H26N2O2. The SMILES string of the molecule is C=CC(=O)N(C)[C@@H](C(=O)NC(CC)CC)C(C)C. The van der Waals surface area contributed by atoms with Gasteiger partial charge in [0.15, 0.2) is 0 Å². The summed E-state index contributed by atoms with van der Waals surface area (Å²) in [5, 5.41) is 2.99. The molecule has 1 atom stereocenters. The van der Waals surface area contributed by atoms with Gasteiger partial charge >= 0.3 is 0 Å². The first-order valence-electron chi connectivity index (χ1n) is 6.58. The third-order valence-corrected chi connectivity index (χ3v) is 3.17. The molecule has 4 nitrogen and oxygen atoms in total. The number of carbonyl (C=O) groups excluding carboxylic acids is 2. The summed E-state index contributed by atoms with van der Waals surface area (Å²) in [6.07, 6.45) is 3.03. The van der Waals surface area contributed by atoms with Crippen LogP contribution in [-0.4, -0.2) is 35.8 Å². The molecule has 104 valence electrons. The van der Waals surface area contributed by atoms with Gasteiger partial charge in [0, 0.05) is 13.1 Å². The van der Waals surface area contributed by atoms with Crippen LogP contribution in [0.1, 0.15) is 40.5 Å². The number of carbonyl (C=O) groups is 2. The third-order valence-electron chi connectivity index (χ3n) is 3.17. The van der Waals surface area contributed by atoms with E-state index >= 15 is 0 Å². The molecule has 0 bridgehead atoms. The Hall–Kier alpha value is -1.32. The van der Waals surface area contributed by atoms with Gasteiger partial charge in [-0.3, -0.25) is 9.59 Å². The first-order valence-corrected chi connectivity index (χ1v) is 6.58. The van der Waals surface area contributed by atoms with E-state index in [9.17, 15) is 9.59 Å². The minimum Gasteiger partial charge on any atom is -0.352 e. The molecule has 0 aliphatic carbocycles. The van der Waals surface area contributed by atoms with E-state index in [1.165, 1.54) is 11.0 Å². The molecule has 0 aliphatic rings. The van der Waals surface area contributed by atoms with Crippen molar-refractivity contribution in [1.82, 2.24) is 10.2 Å². The minimum absolute atomic E-state index is 0.0632. The number of nitrogens with one attached hydrogen (secondary N) is 1. The van der Waals surface area contributed by atoms with E-state index in [0.717, 1.165) is 12.8 Å². The maximum atomic E-state index is 12.2. The van der Waals surface area contributed by atoms with Gasteiger partial charge in [-0.05, 0) is 24.8 Å². The van der Waals surface area contributed by atoms with Crippen molar-refractivity contribution in [1.29, 1.82) is 0 Å². The molecule has 1 N–H and O–H groups in total. The molecular weight excluding hydrogens is 228 g/mol. The van der Waals surface area contributed by atoms with Crippen molar-refractivity contribution >= 4 is 11.8 Å². The fourth-order valence-corrected chi connectivity index (χ4v) is 1.99. The number of rotatable bonds is 7. The fraction of sp³-hybridized carbons (Fsp3) is 0.714. The zero-order valence-electron chi connectivity index (χ0n) is 12.2. The van der Waals surface area contributed by atoms with Crippen LogP contribution in [0.15, 0.2) is 12.7 Å². The second kappa shape index (κ2) is 7.90. The van der Waals surface area contributed by atoms with Gasteiger partial charge in [0.1, 0.15) is 6.04 Å². The van der Waals surface area contributed by atoms with Gasteiger partial charge in [-0.2, -0.15) is 0 Å². The Bertz CT molecular complexity index is 296. The van der Waals surface area contributed by atoms with Crippen LogP contribution >= 0.6 is 0 Å². The van der Waals surface area contributed by atoms with Crippen molar-refractivity contribution in [3.8, 4) is 0 Å². The van der Waals surface area contributed by atoms with E-state index in [1.54, 1.807) is 7.05 Å². The van der Waals surface area contributed by atoms with Gasteiger partial charge < -0.3 is 10.2 Å². The summed E-state index contributed by atoms with van der Waals surface area (Å²) >= 11 is 0. The van der Waals surface area contributed by atoms with Gasteiger partial charge in [0.2, 0.25) is 11.8 Å². The zero-order chi connectivity index (χ0) is 14.3. The first-order chi connectivity index (χ1) is 8.38. The second-order valence-corrected chi connectivity index (χ2v) is 4.86. The molecule has 0 unspecified atom stereocenters. The van der Waals surface area contributed by atoms with E-state index in [-0.39, 0.29) is 23.8 Å². The zero-order valence-corrected chi connectivity index (χ0v) is 12.2. The predicted molar refractivity (Wildman–Crippen MR) is 74.1 cm³/mol. The smallest absolute Gasteiger partial charge is 0.246 e. The molecule has 0 spiro atoms. The van der Waals surface area contributed by atoms with E-state index in [0.29, 0.717) is 0 Å². The fourth-order valence-electron chi connectivity index (χ4n) is 1.99. The van der Waals surface area contributed by atoms with Crippen LogP contribution in [0.2, 0.25) is 0 Å². The van der Waals surface area contributed by atoms with Crippen molar-refractivity contribution < 1.29 is 9.59 Å². The standard InChI is InChI=1S/C14H26N2O2/c1-7-11(8-2)15-14(18)13(10(4)5)16(6)12(17)9-3/h9-11,13H,3,7-8H2,1-2,4-6H3,(H,15,18)/t13-/m1/s1. The summed E-state index contributed by atoms with van der Waals surface area (Å²) in [6.45, 7) is 11.4. The van der Waals surface area contributed by atoms with Crippen LogP contribution in [0.5, 0.6) is 0 Å². The normalized spacial score (nSPS) is 12.4. The largest absolute Gasteiger partial charge is 0.352 e. The number of likely N-dealkylation sites (N-methyl/N-ethyl adjacent to an activating group) is 1. The molecule has 2 amide bonds. The molecule has 4 heteroatoms. The Morgan fingerprint density at radius 3 is 2.11 bits per heavy atom. The van der Waals surface area contributed by atoms with Crippen molar-refractivity contribution in [3.63, 3.8) is 0 Å². The number of hydrogen-bond donors (Lipinski definition) is 1. The Kier molecular flexibility index (Phi) is 7.32. The van der Waals surface area contributed by atoms with Crippen LogP contribution in [0.4, 0.5) is 0 Å². The monoisotopic (exact) mass is 254 g/mol. The number of nitrogens with zero attached hydrogens (tertiary/aromatic N) is 1. The van der Waals surface area contributed by atoms with Gasteiger partial charge in [-0.15, -0.1) is 0 Å². The van der Waals surface area contributed by atoms with Crippen molar-refractivity contribution in [3.05, 3.63) is 12.7 Å². The van der Waals surface area contributed by atoms with Crippen LogP contribution in [0.25, 0.3) is 0 Å². The lowest BCUT2D eigenvalue weighted by atomic mass is 10.0. The number of amides is 2. The second-order valence-electron chi connectivity index (χ2n) is 4.86. The molecule has 0 radical (unpaired) electrons. The van der Waals surface area contributed by atoms with Crippen LogP contribution in [0, 0.1) is 5.92 Å². The minimum atomic E-state index is -0.448. The molecule has 0 aromatic rings. The summed E-state index contributed by atoms with van der Waals surface area (Å²) < 4.78 is 0. The summed E-state index contributed by atoms with van der Waals surface area (Å²) in [5.74, 6) is -0.252. The highest BCUT2D eigenvalue weighted by Crippen LogP contribution is 2.11. The van der Waals surface area contributed by atoms with E-state index in [2.05, 4.69) is 11.9 Å².